The van der Waals surface area contributed by atoms with Crippen molar-refractivity contribution in [2.24, 2.45) is 11.7 Å². The highest BCUT2D eigenvalue weighted by Gasteiger charge is 2.36. The van der Waals surface area contributed by atoms with Crippen LogP contribution >= 0.6 is 0 Å². The van der Waals surface area contributed by atoms with Crippen molar-refractivity contribution in [1.82, 2.24) is 9.80 Å². The molecule has 1 atom stereocenters. The van der Waals surface area contributed by atoms with Gasteiger partial charge in [0.15, 0.2) is 0 Å². The highest BCUT2D eigenvalue weighted by atomic mass is 15.3. The van der Waals surface area contributed by atoms with Crippen LogP contribution in [0.25, 0.3) is 0 Å². The molecule has 0 amide bonds. The molecular formula is C13H25N3. The topological polar surface area (TPSA) is 32.5 Å². The Morgan fingerprint density at radius 1 is 0.812 bits per heavy atom. The fraction of sp³-hybridized carbons (Fsp3) is 1.00. The lowest BCUT2D eigenvalue weighted by Crippen LogP contribution is -2.44. The van der Waals surface area contributed by atoms with Crippen molar-refractivity contribution in [1.29, 1.82) is 0 Å². The summed E-state index contributed by atoms with van der Waals surface area (Å²) < 4.78 is 0. The third-order valence-corrected chi connectivity index (χ3v) is 4.76. The first-order valence-corrected chi connectivity index (χ1v) is 7.05. The van der Waals surface area contributed by atoms with Gasteiger partial charge in [0, 0.05) is 25.2 Å². The van der Waals surface area contributed by atoms with E-state index in [0.29, 0.717) is 0 Å². The number of piperidine rings is 1. The Kier molecular flexibility index (Phi) is 3.18. The summed E-state index contributed by atoms with van der Waals surface area (Å²) in [5, 5.41) is 0. The van der Waals surface area contributed by atoms with Crippen LogP contribution in [0.4, 0.5) is 0 Å². The van der Waals surface area contributed by atoms with E-state index in [0.717, 1.165) is 24.5 Å². The summed E-state index contributed by atoms with van der Waals surface area (Å²) >= 11 is 0. The molecule has 0 aromatic rings. The molecule has 16 heavy (non-hydrogen) atoms. The molecular weight excluding hydrogens is 198 g/mol. The van der Waals surface area contributed by atoms with Crippen LogP contribution in [0.3, 0.4) is 0 Å². The van der Waals surface area contributed by atoms with Gasteiger partial charge >= 0.3 is 0 Å². The molecule has 3 rings (SSSR count). The van der Waals surface area contributed by atoms with E-state index in [1.54, 1.807) is 0 Å². The minimum absolute atomic E-state index is 0.803. The number of nitrogens with zero attached hydrogens (tertiary/aromatic N) is 2. The summed E-state index contributed by atoms with van der Waals surface area (Å²) in [6.07, 6.45) is 6.99. The van der Waals surface area contributed by atoms with Crippen molar-refractivity contribution in [3.8, 4) is 0 Å². The normalized spacial score (nSPS) is 34.7. The molecule has 0 radical (unpaired) electrons. The quantitative estimate of drug-likeness (QED) is 0.771. The summed E-state index contributed by atoms with van der Waals surface area (Å²) in [6.45, 7) is 6.19. The number of nitrogens with two attached hydrogens (primary N) is 1. The van der Waals surface area contributed by atoms with Crippen LogP contribution in [0.15, 0.2) is 0 Å². The first-order valence-electron chi connectivity index (χ1n) is 7.05. The van der Waals surface area contributed by atoms with Crippen LogP contribution in [0.5, 0.6) is 0 Å². The molecule has 1 aliphatic carbocycles. The van der Waals surface area contributed by atoms with Gasteiger partial charge < -0.3 is 5.73 Å². The fourth-order valence-electron chi connectivity index (χ4n) is 3.39. The molecule has 0 aromatic heterocycles. The smallest absolute Gasteiger partial charge is 0.0235 e. The summed E-state index contributed by atoms with van der Waals surface area (Å²) in [5.74, 6) is 0.803. The molecule has 3 heteroatoms. The van der Waals surface area contributed by atoms with Crippen molar-refractivity contribution in [3.63, 3.8) is 0 Å². The highest BCUT2D eigenvalue weighted by Crippen LogP contribution is 2.32. The molecule has 92 valence electrons. The Morgan fingerprint density at radius 3 is 2.12 bits per heavy atom. The molecule has 2 N–H and O–H groups in total. The van der Waals surface area contributed by atoms with Crippen molar-refractivity contribution in [2.75, 3.05) is 32.7 Å². The fourth-order valence-corrected chi connectivity index (χ4v) is 3.39. The van der Waals surface area contributed by atoms with Gasteiger partial charge in [-0.2, -0.15) is 0 Å². The number of likely N-dealkylation sites (tertiary alicyclic amines) is 2. The first kappa shape index (κ1) is 11.0. The maximum absolute atomic E-state index is 5.75. The van der Waals surface area contributed by atoms with Gasteiger partial charge in [-0.1, -0.05) is 0 Å². The average molecular weight is 223 g/mol. The summed E-state index contributed by atoms with van der Waals surface area (Å²) in [7, 11) is 0. The van der Waals surface area contributed by atoms with Crippen LogP contribution in [-0.4, -0.2) is 54.6 Å². The lowest BCUT2D eigenvalue weighted by molar-refractivity contribution is 0.134. The van der Waals surface area contributed by atoms with Gasteiger partial charge in [-0.3, -0.25) is 9.80 Å². The van der Waals surface area contributed by atoms with Crippen LogP contribution in [0.1, 0.15) is 32.1 Å². The van der Waals surface area contributed by atoms with Crippen LogP contribution in [0, 0.1) is 5.92 Å². The Hall–Kier alpha value is -0.120. The average Bonchev–Trinajstić information content (AvgIpc) is 3.08. The van der Waals surface area contributed by atoms with Crippen molar-refractivity contribution in [2.45, 2.75) is 44.2 Å². The Balaban J connectivity index is 1.47. The number of hydrogen-bond acceptors (Lipinski definition) is 3. The van der Waals surface area contributed by atoms with Crippen molar-refractivity contribution in [3.05, 3.63) is 0 Å². The number of rotatable bonds is 3. The number of hydrogen-bond donors (Lipinski definition) is 1. The largest absolute Gasteiger partial charge is 0.330 e. The maximum Gasteiger partial charge on any atom is 0.0235 e. The predicted molar refractivity (Wildman–Crippen MR) is 66.4 cm³/mol. The molecule has 0 aromatic carbocycles. The summed E-state index contributed by atoms with van der Waals surface area (Å²) in [4.78, 5) is 5.45. The van der Waals surface area contributed by atoms with Gasteiger partial charge in [0.25, 0.3) is 0 Å². The Labute approximate surface area is 99.0 Å². The zero-order valence-electron chi connectivity index (χ0n) is 10.3. The van der Waals surface area contributed by atoms with E-state index < -0.39 is 0 Å². The highest BCUT2D eigenvalue weighted by molar-refractivity contribution is 4.93. The molecule has 2 heterocycles. The van der Waals surface area contributed by atoms with E-state index in [1.807, 2.05) is 0 Å². The first-order chi connectivity index (χ1) is 7.86. The van der Waals surface area contributed by atoms with E-state index in [1.165, 1.54) is 58.3 Å². The van der Waals surface area contributed by atoms with Crippen LogP contribution in [0.2, 0.25) is 0 Å². The second-order valence-corrected chi connectivity index (χ2v) is 5.88. The van der Waals surface area contributed by atoms with Crippen molar-refractivity contribution >= 4 is 0 Å². The summed E-state index contributed by atoms with van der Waals surface area (Å²) in [5.41, 5.74) is 5.75. The van der Waals surface area contributed by atoms with E-state index in [-0.39, 0.29) is 0 Å². The van der Waals surface area contributed by atoms with E-state index in [2.05, 4.69) is 9.80 Å². The lowest BCUT2D eigenvalue weighted by Gasteiger charge is -2.35. The minimum Gasteiger partial charge on any atom is -0.330 e. The van der Waals surface area contributed by atoms with Gasteiger partial charge in [-0.05, 0) is 57.7 Å². The van der Waals surface area contributed by atoms with Crippen LogP contribution < -0.4 is 5.73 Å². The van der Waals surface area contributed by atoms with Gasteiger partial charge in [-0.15, -0.1) is 0 Å². The van der Waals surface area contributed by atoms with Gasteiger partial charge in [0.2, 0.25) is 0 Å². The molecule has 3 aliphatic rings. The van der Waals surface area contributed by atoms with Gasteiger partial charge in [0.05, 0.1) is 0 Å². The third kappa shape index (κ3) is 2.27. The Bertz CT molecular complexity index is 231. The molecule has 1 saturated carbocycles. The molecule has 0 bridgehead atoms. The van der Waals surface area contributed by atoms with Gasteiger partial charge in [0.1, 0.15) is 0 Å². The van der Waals surface area contributed by atoms with E-state index in [9.17, 15) is 0 Å². The monoisotopic (exact) mass is 223 g/mol. The zero-order chi connectivity index (χ0) is 11.0. The molecule has 3 nitrogen and oxygen atoms in total. The third-order valence-electron chi connectivity index (χ3n) is 4.76. The standard InChI is InChI=1S/C13H25N3/c14-9-11-3-6-15(7-4-11)13-5-8-16(10-13)12-1-2-12/h11-13H,1-10,14H2. The molecule has 3 fully saturated rings. The maximum atomic E-state index is 5.75. The second kappa shape index (κ2) is 4.63. The van der Waals surface area contributed by atoms with E-state index >= 15 is 0 Å². The Morgan fingerprint density at radius 2 is 1.50 bits per heavy atom. The minimum atomic E-state index is 0.803. The molecule has 1 unspecified atom stereocenters. The molecule has 0 spiro atoms. The SMILES string of the molecule is NCC1CCN(C2CCN(C3CC3)C2)CC1. The summed E-state index contributed by atoms with van der Waals surface area (Å²) in [6, 6.07) is 1.82. The predicted octanol–water partition coefficient (Wildman–Crippen LogP) is 0.894. The van der Waals surface area contributed by atoms with E-state index in [4.69, 9.17) is 5.73 Å². The molecule has 2 saturated heterocycles. The second-order valence-electron chi connectivity index (χ2n) is 5.88. The van der Waals surface area contributed by atoms with Crippen molar-refractivity contribution < 1.29 is 0 Å². The van der Waals surface area contributed by atoms with Gasteiger partial charge in [-0.25, -0.2) is 0 Å². The van der Waals surface area contributed by atoms with Crippen LogP contribution in [-0.2, 0) is 0 Å². The molecule has 2 aliphatic heterocycles. The zero-order valence-corrected chi connectivity index (χ0v) is 10.3. The lowest BCUT2D eigenvalue weighted by atomic mass is 9.96.